The lowest BCUT2D eigenvalue weighted by Gasteiger charge is -2.34. The largest absolute Gasteiger partial charge is 0.345 e. The van der Waals surface area contributed by atoms with Crippen LogP contribution in [0.2, 0.25) is 0 Å². The maximum absolute atomic E-state index is 12.8. The third-order valence-corrected chi connectivity index (χ3v) is 6.96. The van der Waals surface area contributed by atoms with Gasteiger partial charge < -0.3 is 14.7 Å². The normalized spacial score (nSPS) is 25.8. The molecule has 1 spiro atoms. The van der Waals surface area contributed by atoms with Gasteiger partial charge in [0, 0.05) is 65.7 Å². The molecule has 2 rings (SSSR count). The third-order valence-electron chi connectivity index (χ3n) is 4.77. The average molecular weight is 375 g/mol. The highest BCUT2D eigenvalue weighted by atomic mass is 32.2. The fraction of sp³-hybridized carbons (Fsp3) is 0.875. The first-order valence-electron chi connectivity index (χ1n) is 8.64. The number of rotatable bonds is 3. The molecule has 2 fully saturated rings. The Morgan fingerprint density at radius 1 is 1.20 bits per heavy atom. The van der Waals surface area contributed by atoms with E-state index >= 15 is 0 Å². The number of hydrogen-bond donors (Lipinski definition) is 0. The Kier molecular flexibility index (Phi) is 5.68. The number of sulfonamides is 1. The Balaban J connectivity index is 2.33. The van der Waals surface area contributed by atoms with Crippen molar-refractivity contribution in [2.45, 2.75) is 20.3 Å². The van der Waals surface area contributed by atoms with Gasteiger partial charge in [-0.25, -0.2) is 13.2 Å². The predicted molar refractivity (Wildman–Crippen MR) is 95.5 cm³/mol. The van der Waals surface area contributed by atoms with E-state index in [0.717, 1.165) is 0 Å². The van der Waals surface area contributed by atoms with E-state index in [1.165, 1.54) is 9.21 Å². The van der Waals surface area contributed by atoms with Gasteiger partial charge in [-0.2, -0.15) is 4.31 Å². The van der Waals surface area contributed by atoms with Crippen molar-refractivity contribution in [2.24, 2.45) is 11.3 Å². The number of nitrogens with zero attached hydrogens (tertiary/aromatic N) is 4. The fourth-order valence-corrected chi connectivity index (χ4v) is 5.63. The molecule has 9 heteroatoms. The van der Waals surface area contributed by atoms with Gasteiger partial charge in [-0.1, -0.05) is 13.8 Å². The van der Waals surface area contributed by atoms with Crippen LogP contribution in [0.25, 0.3) is 0 Å². The first-order valence-corrected chi connectivity index (χ1v) is 10.2. The van der Waals surface area contributed by atoms with E-state index in [1.54, 1.807) is 30.9 Å². The predicted octanol–water partition coefficient (Wildman–Crippen LogP) is 0.120. The molecule has 0 aromatic heterocycles. The summed E-state index contributed by atoms with van der Waals surface area (Å²) in [7, 11) is 1.67. The van der Waals surface area contributed by atoms with Crippen LogP contribution in [-0.4, -0.2) is 99.0 Å². The Morgan fingerprint density at radius 3 is 2.32 bits per heavy atom. The Bertz CT molecular complexity index is 634. The van der Waals surface area contributed by atoms with E-state index in [4.69, 9.17) is 0 Å². The molecule has 1 unspecified atom stereocenters. The van der Waals surface area contributed by atoms with Crippen LogP contribution in [0.4, 0.5) is 4.79 Å². The van der Waals surface area contributed by atoms with Crippen molar-refractivity contribution in [3.8, 4) is 0 Å². The van der Waals surface area contributed by atoms with E-state index in [9.17, 15) is 18.0 Å². The highest BCUT2D eigenvalue weighted by Gasteiger charge is 2.48. The van der Waals surface area contributed by atoms with Gasteiger partial charge in [0.2, 0.25) is 15.9 Å². The molecule has 25 heavy (non-hydrogen) atoms. The minimum atomic E-state index is -3.42. The number of carbonyl (C=O) groups is 2. The van der Waals surface area contributed by atoms with Crippen LogP contribution in [-0.2, 0) is 14.8 Å². The van der Waals surface area contributed by atoms with E-state index < -0.39 is 15.4 Å². The fourth-order valence-electron chi connectivity index (χ4n) is 3.74. The van der Waals surface area contributed by atoms with Gasteiger partial charge in [0.05, 0.1) is 5.75 Å². The van der Waals surface area contributed by atoms with Crippen LogP contribution < -0.4 is 0 Å². The topological polar surface area (TPSA) is 81.2 Å². The van der Waals surface area contributed by atoms with Gasteiger partial charge in [0.1, 0.15) is 0 Å². The second-order valence-electron chi connectivity index (χ2n) is 8.03. The average Bonchev–Trinajstić information content (AvgIpc) is 2.64. The molecule has 1 atom stereocenters. The summed E-state index contributed by atoms with van der Waals surface area (Å²) in [5, 5.41) is 0. The lowest BCUT2D eigenvalue weighted by Crippen LogP contribution is -2.47. The van der Waals surface area contributed by atoms with Crippen molar-refractivity contribution in [1.29, 1.82) is 0 Å². The molecular weight excluding hydrogens is 344 g/mol. The first kappa shape index (κ1) is 20.0. The smallest absolute Gasteiger partial charge is 0.319 e. The molecule has 0 aliphatic carbocycles. The van der Waals surface area contributed by atoms with Gasteiger partial charge in [-0.05, 0) is 5.92 Å². The van der Waals surface area contributed by atoms with E-state index in [-0.39, 0.29) is 43.1 Å². The van der Waals surface area contributed by atoms with Crippen LogP contribution >= 0.6 is 0 Å². The van der Waals surface area contributed by atoms with Crippen LogP contribution in [0, 0.1) is 11.3 Å². The number of carbonyl (C=O) groups excluding carboxylic acids is 2. The van der Waals surface area contributed by atoms with Crippen LogP contribution in [0.3, 0.4) is 0 Å². The first-order chi connectivity index (χ1) is 11.5. The summed E-state index contributed by atoms with van der Waals surface area (Å²) < 4.78 is 27.0. The molecule has 144 valence electrons. The van der Waals surface area contributed by atoms with E-state index in [1.807, 2.05) is 13.8 Å². The molecule has 3 amide bonds. The van der Waals surface area contributed by atoms with Crippen molar-refractivity contribution >= 4 is 22.0 Å². The van der Waals surface area contributed by atoms with Crippen molar-refractivity contribution < 1.29 is 18.0 Å². The summed E-state index contributed by atoms with van der Waals surface area (Å²) in [4.78, 5) is 29.4. The number of amides is 3. The maximum Gasteiger partial charge on any atom is 0.319 e. The lowest BCUT2D eigenvalue weighted by molar-refractivity contribution is -0.126. The quantitative estimate of drug-likeness (QED) is 0.703. The number of likely N-dealkylation sites (tertiary alicyclic amines) is 1. The molecular formula is C16H30N4O4S. The molecule has 0 saturated carbocycles. The van der Waals surface area contributed by atoms with Gasteiger partial charge in [-0.15, -0.1) is 0 Å². The van der Waals surface area contributed by atoms with Gasteiger partial charge in [-0.3, -0.25) is 4.79 Å². The second-order valence-corrected chi connectivity index (χ2v) is 10.0. The minimum absolute atomic E-state index is 0.000333. The summed E-state index contributed by atoms with van der Waals surface area (Å²) >= 11 is 0. The van der Waals surface area contributed by atoms with Crippen LogP contribution in [0.1, 0.15) is 20.3 Å². The zero-order valence-electron chi connectivity index (χ0n) is 15.9. The van der Waals surface area contributed by atoms with E-state index in [2.05, 4.69) is 0 Å². The molecule has 2 saturated heterocycles. The molecule has 0 N–H and O–H groups in total. The molecule has 2 aliphatic heterocycles. The molecule has 0 radical (unpaired) electrons. The van der Waals surface area contributed by atoms with Crippen molar-refractivity contribution in [2.75, 3.05) is 59.6 Å². The number of hydrogen-bond acceptors (Lipinski definition) is 4. The summed E-state index contributed by atoms with van der Waals surface area (Å²) in [5.41, 5.74) is -0.544. The molecule has 2 heterocycles. The molecule has 2 aliphatic rings. The zero-order valence-corrected chi connectivity index (χ0v) is 16.7. The Morgan fingerprint density at radius 2 is 1.84 bits per heavy atom. The van der Waals surface area contributed by atoms with Gasteiger partial charge >= 0.3 is 6.03 Å². The molecule has 8 nitrogen and oxygen atoms in total. The van der Waals surface area contributed by atoms with E-state index in [0.29, 0.717) is 19.6 Å². The summed E-state index contributed by atoms with van der Waals surface area (Å²) in [5.74, 6) is 0.103. The highest BCUT2D eigenvalue weighted by molar-refractivity contribution is 7.89. The lowest BCUT2D eigenvalue weighted by atomic mass is 9.86. The van der Waals surface area contributed by atoms with Crippen molar-refractivity contribution in [1.82, 2.24) is 19.0 Å². The van der Waals surface area contributed by atoms with Gasteiger partial charge in [0.15, 0.2) is 0 Å². The SMILES string of the molecule is CC(C)CS(=O)(=O)N1CCN(C(=O)N(C)C)CC2(CC(=O)N(C)C2)C1. The summed E-state index contributed by atoms with van der Waals surface area (Å²) in [6.07, 6.45) is 0.272. The van der Waals surface area contributed by atoms with Crippen molar-refractivity contribution in [3.05, 3.63) is 0 Å². The van der Waals surface area contributed by atoms with Crippen LogP contribution in [0.5, 0.6) is 0 Å². The maximum atomic E-state index is 12.8. The minimum Gasteiger partial charge on any atom is -0.345 e. The Labute approximate surface area is 150 Å². The molecule has 0 aromatic carbocycles. The zero-order chi connectivity index (χ0) is 19.0. The molecule has 0 bridgehead atoms. The van der Waals surface area contributed by atoms with Crippen molar-refractivity contribution in [3.63, 3.8) is 0 Å². The third kappa shape index (κ3) is 4.44. The molecule has 0 aromatic rings. The monoisotopic (exact) mass is 374 g/mol. The van der Waals surface area contributed by atoms with Gasteiger partial charge in [0.25, 0.3) is 0 Å². The highest BCUT2D eigenvalue weighted by Crippen LogP contribution is 2.35. The summed E-state index contributed by atoms with van der Waals surface area (Å²) in [6.45, 7) is 5.52. The standard InChI is InChI=1S/C16H30N4O4S/c1-13(2)9-25(23,24)20-7-6-19(15(22)17(3)4)11-16(12-20)8-14(21)18(5)10-16/h13H,6-12H2,1-5H3. The summed E-state index contributed by atoms with van der Waals surface area (Å²) in [6, 6.07) is -0.149. The van der Waals surface area contributed by atoms with Crippen LogP contribution in [0.15, 0.2) is 0 Å². The Hall–Kier alpha value is -1.35. The number of urea groups is 1. The second kappa shape index (κ2) is 7.11.